The van der Waals surface area contributed by atoms with Crippen LogP contribution in [0.3, 0.4) is 0 Å². The van der Waals surface area contributed by atoms with Crippen molar-refractivity contribution in [2.45, 2.75) is 13.0 Å². The molecule has 2 aromatic rings. The first-order valence-corrected chi connectivity index (χ1v) is 6.32. The lowest BCUT2D eigenvalue weighted by molar-refractivity contribution is 0.307. The molecule has 0 aliphatic heterocycles. The van der Waals surface area contributed by atoms with Crippen LogP contribution < -0.4 is 10.1 Å². The Balaban J connectivity index is 1.70. The molecule has 2 aromatic carbocycles. The molecule has 2 rings (SSSR count). The Labute approximate surface area is 109 Å². The molecule has 2 nitrogen and oxygen atoms in total. The predicted molar refractivity (Wildman–Crippen MR) is 74.8 cm³/mol. The van der Waals surface area contributed by atoms with Crippen LogP contribution in [0.1, 0.15) is 18.5 Å². The fourth-order valence-corrected chi connectivity index (χ4v) is 1.82. The minimum Gasteiger partial charge on any atom is -0.492 e. The lowest BCUT2D eigenvalue weighted by Crippen LogP contribution is -2.24. The van der Waals surface area contributed by atoms with Gasteiger partial charge in [0.05, 0.1) is 0 Å². The van der Waals surface area contributed by atoms with Gasteiger partial charge in [-0.1, -0.05) is 48.5 Å². The summed E-state index contributed by atoms with van der Waals surface area (Å²) in [4.78, 5) is 0. The number of para-hydroxylation sites is 1. The van der Waals surface area contributed by atoms with E-state index in [0.717, 1.165) is 12.3 Å². The van der Waals surface area contributed by atoms with E-state index in [4.69, 9.17) is 4.74 Å². The van der Waals surface area contributed by atoms with Crippen molar-refractivity contribution < 1.29 is 4.74 Å². The summed E-state index contributed by atoms with van der Waals surface area (Å²) in [6, 6.07) is 20.7. The number of hydrogen-bond acceptors (Lipinski definition) is 2. The summed E-state index contributed by atoms with van der Waals surface area (Å²) in [6.07, 6.45) is 0. The van der Waals surface area contributed by atoms with Gasteiger partial charge in [-0.05, 0) is 24.6 Å². The Morgan fingerprint density at radius 1 is 0.944 bits per heavy atom. The molecular weight excluding hydrogens is 222 g/mol. The quantitative estimate of drug-likeness (QED) is 0.782. The van der Waals surface area contributed by atoms with Gasteiger partial charge in [0.15, 0.2) is 0 Å². The van der Waals surface area contributed by atoms with Gasteiger partial charge < -0.3 is 10.1 Å². The Hall–Kier alpha value is -1.80. The molecule has 1 N–H and O–H groups in total. The van der Waals surface area contributed by atoms with Gasteiger partial charge in [0.25, 0.3) is 0 Å². The molecule has 0 bridgehead atoms. The molecule has 0 saturated heterocycles. The van der Waals surface area contributed by atoms with Crippen molar-refractivity contribution >= 4 is 0 Å². The Morgan fingerprint density at radius 3 is 2.22 bits per heavy atom. The Bertz CT molecular complexity index is 441. The van der Waals surface area contributed by atoms with Gasteiger partial charge in [-0.25, -0.2) is 0 Å². The third-order valence-corrected chi connectivity index (χ3v) is 2.86. The van der Waals surface area contributed by atoms with E-state index < -0.39 is 0 Å². The molecule has 0 radical (unpaired) electrons. The fourth-order valence-electron chi connectivity index (χ4n) is 1.82. The second kappa shape index (κ2) is 6.82. The van der Waals surface area contributed by atoms with Gasteiger partial charge in [-0.3, -0.25) is 0 Å². The van der Waals surface area contributed by atoms with Crippen LogP contribution in [0, 0.1) is 0 Å². The second-order valence-corrected chi connectivity index (χ2v) is 4.25. The van der Waals surface area contributed by atoms with Crippen LogP contribution in [-0.4, -0.2) is 13.2 Å². The summed E-state index contributed by atoms with van der Waals surface area (Å²) in [6.45, 7) is 3.68. The molecular formula is C16H19NO. The van der Waals surface area contributed by atoms with E-state index in [9.17, 15) is 0 Å². The smallest absolute Gasteiger partial charge is 0.119 e. The van der Waals surface area contributed by atoms with Crippen molar-refractivity contribution in [3.63, 3.8) is 0 Å². The van der Waals surface area contributed by atoms with Gasteiger partial charge in [0.2, 0.25) is 0 Å². The van der Waals surface area contributed by atoms with Crippen molar-refractivity contribution in [2.75, 3.05) is 13.2 Å². The summed E-state index contributed by atoms with van der Waals surface area (Å²) in [5.74, 6) is 0.923. The monoisotopic (exact) mass is 241 g/mol. The van der Waals surface area contributed by atoms with Crippen LogP contribution in [0.5, 0.6) is 5.75 Å². The average Bonchev–Trinajstić information content (AvgIpc) is 2.45. The number of benzene rings is 2. The van der Waals surface area contributed by atoms with E-state index in [1.54, 1.807) is 0 Å². The van der Waals surface area contributed by atoms with Crippen LogP contribution in [0.2, 0.25) is 0 Å². The predicted octanol–water partition coefficient (Wildman–Crippen LogP) is 3.42. The third-order valence-electron chi connectivity index (χ3n) is 2.86. The number of nitrogens with one attached hydrogen (secondary N) is 1. The summed E-state index contributed by atoms with van der Waals surface area (Å²) in [5.41, 5.74) is 1.30. The van der Waals surface area contributed by atoms with E-state index in [-0.39, 0.29) is 0 Å². The first kappa shape index (κ1) is 12.7. The highest BCUT2D eigenvalue weighted by atomic mass is 16.5. The van der Waals surface area contributed by atoms with Gasteiger partial charge >= 0.3 is 0 Å². The first-order valence-electron chi connectivity index (χ1n) is 6.32. The average molecular weight is 241 g/mol. The third kappa shape index (κ3) is 3.90. The SMILES string of the molecule is CC(NCCOc1ccccc1)c1ccccc1. The topological polar surface area (TPSA) is 21.3 Å². The van der Waals surface area contributed by atoms with Crippen LogP contribution >= 0.6 is 0 Å². The van der Waals surface area contributed by atoms with Crippen molar-refractivity contribution in [3.8, 4) is 5.75 Å². The molecule has 0 spiro atoms. The zero-order valence-electron chi connectivity index (χ0n) is 10.7. The molecule has 0 fully saturated rings. The van der Waals surface area contributed by atoms with Gasteiger partial charge in [-0.15, -0.1) is 0 Å². The first-order chi connectivity index (χ1) is 8.86. The Kier molecular flexibility index (Phi) is 4.79. The molecule has 0 aliphatic rings. The van der Waals surface area contributed by atoms with Gasteiger partial charge in [0, 0.05) is 12.6 Å². The molecule has 1 unspecified atom stereocenters. The minimum absolute atomic E-state index is 0.352. The molecule has 2 heteroatoms. The van der Waals surface area contributed by atoms with Crippen molar-refractivity contribution in [2.24, 2.45) is 0 Å². The normalized spacial score (nSPS) is 12.1. The minimum atomic E-state index is 0.352. The maximum Gasteiger partial charge on any atom is 0.119 e. The Morgan fingerprint density at radius 2 is 1.56 bits per heavy atom. The standard InChI is InChI=1S/C16H19NO/c1-14(15-8-4-2-5-9-15)17-12-13-18-16-10-6-3-7-11-16/h2-11,14,17H,12-13H2,1H3. The van der Waals surface area contributed by atoms with E-state index in [1.807, 2.05) is 36.4 Å². The molecule has 0 heterocycles. The summed E-state index contributed by atoms with van der Waals surface area (Å²) < 4.78 is 5.63. The molecule has 0 saturated carbocycles. The molecule has 94 valence electrons. The highest BCUT2D eigenvalue weighted by molar-refractivity contribution is 5.21. The largest absolute Gasteiger partial charge is 0.492 e. The van der Waals surface area contributed by atoms with Gasteiger partial charge in [-0.2, -0.15) is 0 Å². The van der Waals surface area contributed by atoms with E-state index in [0.29, 0.717) is 12.6 Å². The maximum atomic E-state index is 5.63. The van der Waals surface area contributed by atoms with Crippen molar-refractivity contribution in [1.82, 2.24) is 5.32 Å². The fraction of sp³-hybridized carbons (Fsp3) is 0.250. The summed E-state index contributed by atoms with van der Waals surface area (Å²) >= 11 is 0. The van der Waals surface area contributed by atoms with E-state index >= 15 is 0 Å². The maximum absolute atomic E-state index is 5.63. The second-order valence-electron chi connectivity index (χ2n) is 4.25. The molecule has 0 amide bonds. The van der Waals surface area contributed by atoms with Crippen LogP contribution in [0.4, 0.5) is 0 Å². The number of rotatable bonds is 6. The van der Waals surface area contributed by atoms with Gasteiger partial charge in [0.1, 0.15) is 12.4 Å². The summed E-state index contributed by atoms with van der Waals surface area (Å²) in [7, 11) is 0. The van der Waals surface area contributed by atoms with Crippen molar-refractivity contribution in [3.05, 3.63) is 66.2 Å². The zero-order valence-corrected chi connectivity index (χ0v) is 10.7. The molecule has 0 aliphatic carbocycles. The summed E-state index contributed by atoms with van der Waals surface area (Å²) in [5, 5.41) is 3.44. The molecule has 1 atom stereocenters. The number of hydrogen-bond donors (Lipinski definition) is 1. The molecule has 18 heavy (non-hydrogen) atoms. The number of ether oxygens (including phenoxy) is 1. The van der Waals surface area contributed by atoms with Crippen LogP contribution in [-0.2, 0) is 0 Å². The highest BCUT2D eigenvalue weighted by Gasteiger charge is 2.02. The van der Waals surface area contributed by atoms with Crippen LogP contribution in [0.25, 0.3) is 0 Å². The van der Waals surface area contributed by atoms with E-state index in [1.165, 1.54) is 5.56 Å². The van der Waals surface area contributed by atoms with E-state index in [2.05, 4.69) is 36.5 Å². The zero-order chi connectivity index (χ0) is 12.6. The lowest BCUT2D eigenvalue weighted by atomic mass is 10.1. The molecule has 0 aromatic heterocycles. The van der Waals surface area contributed by atoms with Crippen molar-refractivity contribution in [1.29, 1.82) is 0 Å². The lowest BCUT2D eigenvalue weighted by Gasteiger charge is -2.14. The highest BCUT2D eigenvalue weighted by Crippen LogP contribution is 2.11. The van der Waals surface area contributed by atoms with Crippen LogP contribution in [0.15, 0.2) is 60.7 Å².